The van der Waals surface area contributed by atoms with Crippen LogP contribution in [0.25, 0.3) is 0 Å². The predicted octanol–water partition coefficient (Wildman–Crippen LogP) is 1.81. The van der Waals surface area contributed by atoms with Crippen LogP contribution >= 0.6 is 11.3 Å². The van der Waals surface area contributed by atoms with Crippen LogP contribution in [-0.2, 0) is 16.0 Å². The summed E-state index contributed by atoms with van der Waals surface area (Å²) in [6, 6.07) is 0. The van der Waals surface area contributed by atoms with E-state index in [0.29, 0.717) is 13.0 Å². The highest BCUT2D eigenvalue weighted by atomic mass is 32.1. The number of rotatable bonds is 5. The summed E-state index contributed by atoms with van der Waals surface area (Å²) in [5, 5.41) is 10.1. The summed E-state index contributed by atoms with van der Waals surface area (Å²) in [7, 11) is 1.73. The van der Waals surface area contributed by atoms with Gasteiger partial charge in [0.2, 0.25) is 5.91 Å². The smallest absolute Gasteiger partial charge is 0.307 e. The molecule has 0 spiro atoms. The third kappa shape index (κ3) is 2.70. The summed E-state index contributed by atoms with van der Waals surface area (Å²) in [6.45, 7) is 6.25. The fourth-order valence-electron chi connectivity index (χ4n) is 2.69. The number of amides is 1. The summed E-state index contributed by atoms with van der Waals surface area (Å²) >= 11 is 1.63. The number of thiazole rings is 1. The second-order valence-electron chi connectivity index (χ2n) is 5.99. The predicted molar refractivity (Wildman–Crippen MR) is 76.6 cm³/mol. The van der Waals surface area contributed by atoms with Crippen molar-refractivity contribution in [3.63, 3.8) is 0 Å². The van der Waals surface area contributed by atoms with Crippen molar-refractivity contribution in [1.29, 1.82) is 0 Å². The molecule has 5 nitrogen and oxygen atoms in total. The normalized spacial score (nSPS) is 23.4. The van der Waals surface area contributed by atoms with Gasteiger partial charge in [0.05, 0.1) is 16.8 Å². The van der Waals surface area contributed by atoms with Gasteiger partial charge in [0, 0.05) is 31.1 Å². The fourth-order valence-corrected chi connectivity index (χ4v) is 3.46. The number of carbonyl (C=O) groups is 2. The lowest BCUT2D eigenvalue weighted by molar-refractivity contribution is -0.141. The number of nitrogens with zero attached hydrogens (tertiary/aromatic N) is 2. The van der Waals surface area contributed by atoms with E-state index in [1.807, 2.05) is 27.0 Å². The number of aromatic nitrogens is 1. The number of carbonyl (C=O) groups excluding carboxylic acids is 1. The van der Waals surface area contributed by atoms with E-state index >= 15 is 0 Å². The number of hydrogen-bond donors (Lipinski definition) is 1. The maximum absolute atomic E-state index is 12.3. The zero-order valence-electron chi connectivity index (χ0n) is 12.2. The molecule has 6 heteroatoms. The third-order valence-electron chi connectivity index (χ3n) is 4.07. The topological polar surface area (TPSA) is 70.5 Å². The molecule has 1 aliphatic rings. The van der Waals surface area contributed by atoms with Gasteiger partial charge in [-0.2, -0.15) is 0 Å². The van der Waals surface area contributed by atoms with Gasteiger partial charge in [-0.05, 0) is 12.3 Å². The molecular formula is C14H20N2O3S. The molecule has 2 atom stereocenters. The standard InChI is InChI=1S/C14H20N2O3S/c1-8-7-15-9(20-8)5-6-16(4)12(17)10-11(13(18)19)14(10,2)3/h7,10-11H,5-6H2,1-4H3,(H,18,19). The van der Waals surface area contributed by atoms with E-state index in [2.05, 4.69) is 4.98 Å². The molecule has 110 valence electrons. The minimum Gasteiger partial charge on any atom is -0.481 e. The second-order valence-corrected chi connectivity index (χ2v) is 7.31. The zero-order chi connectivity index (χ0) is 15.1. The molecule has 1 heterocycles. The molecule has 2 rings (SSSR count). The Labute approximate surface area is 122 Å². The first-order chi connectivity index (χ1) is 9.25. The largest absolute Gasteiger partial charge is 0.481 e. The van der Waals surface area contributed by atoms with Crippen molar-refractivity contribution in [3.05, 3.63) is 16.1 Å². The molecule has 1 fully saturated rings. The molecule has 0 aliphatic heterocycles. The van der Waals surface area contributed by atoms with Gasteiger partial charge in [-0.3, -0.25) is 9.59 Å². The Bertz CT molecular complexity index is 538. The molecule has 0 bridgehead atoms. The van der Waals surface area contributed by atoms with Gasteiger partial charge in [0.25, 0.3) is 0 Å². The van der Waals surface area contributed by atoms with Gasteiger partial charge in [-0.15, -0.1) is 11.3 Å². The van der Waals surface area contributed by atoms with Crippen LogP contribution in [0.4, 0.5) is 0 Å². The highest BCUT2D eigenvalue weighted by Crippen LogP contribution is 2.58. The molecular weight excluding hydrogens is 276 g/mol. The lowest BCUT2D eigenvalue weighted by atomic mass is 10.1. The van der Waals surface area contributed by atoms with E-state index in [9.17, 15) is 9.59 Å². The second kappa shape index (κ2) is 5.16. The van der Waals surface area contributed by atoms with Gasteiger partial charge >= 0.3 is 5.97 Å². The number of aliphatic carboxylic acids is 1. The van der Waals surface area contributed by atoms with Gasteiger partial charge in [-0.1, -0.05) is 13.8 Å². The van der Waals surface area contributed by atoms with Crippen molar-refractivity contribution in [2.24, 2.45) is 17.3 Å². The van der Waals surface area contributed by atoms with Crippen LogP contribution in [-0.4, -0.2) is 40.5 Å². The van der Waals surface area contributed by atoms with E-state index in [1.54, 1.807) is 23.3 Å². The molecule has 2 unspecified atom stereocenters. The Balaban J connectivity index is 1.92. The Kier molecular flexibility index (Phi) is 3.86. The average Bonchev–Trinajstić information content (AvgIpc) is 2.71. The average molecular weight is 296 g/mol. The van der Waals surface area contributed by atoms with Crippen LogP contribution in [0.3, 0.4) is 0 Å². The maximum atomic E-state index is 12.3. The summed E-state index contributed by atoms with van der Waals surface area (Å²) in [5.74, 6) is -1.91. The quantitative estimate of drug-likeness (QED) is 0.899. The Morgan fingerprint density at radius 3 is 2.55 bits per heavy atom. The summed E-state index contributed by atoms with van der Waals surface area (Å²) < 4.78 is 0. The molecule has 1 aromatic heterocycles. The molecule has 1 aromatic rings. The van der Waals surface area contributed by atoms with Crippen molar-refractivity contribution < 1.29 is 14.7 Å². The highest BCUT2D eigenvalue weighted by molar-refractivity contribution is 7.11. The van der Waals surface area contributed by atoms with E-state index in [4.69, 9.17) is 5.11 Å². The first kappa shape index (κ1) is 15.0. The number of aryl methyl sites for hydroxylation is 1. The van der Waals surface area contributed by atoms with Gasteiger partial charge in [-0.25, -0.2) is 4.98 Å². The number of carboxylic acids is 1. The van der Waals surface area contributed by atoms with Gasteiger partial charge < -0.3 is 10.0 Å². The Hall–Kier alpha value is -1.43. The lowest BCUT2D eigenvalue weighted by Gasteiger charge is -2.17. The van der Waals surface area contributed by atoms with Crippen LogP contribution in [0.5, 0.6) is 0 Å². The SMILES string of the molecule is Cc1cnc(CCN(C)C(=O)C2C(C(=O)O)C2(C)C)s1. The van der Waals surface area contributed by atoms with Crippen LogP contribution in [0.2, 0.25) is 0 Å². The van der Waals surface area contributed by atoms with E-state index < -0.39 is 23.2 Å². The minimum absolute atomic E-state index is 0.0734. The van der Waals surface area contributed by atoms with E-state index in [-0.39, 0.29) is 5.91 Å². The van der Waals surface area contributed by atoms with Crippen LogP contribution in [0, 0.1) is 24.2 Å². The molecule has 1 N–H and O–H groups in total. The maximum Gasteiger partial charge on any atom is 0.307 e. The number of hydrogen-bond acceptors (Lipinski definition) is 4. The minimum atomic E-state index is -0.878. The third-order valence-corrected chi connectivity index (χ3v) is 5.04. The zero-order valence-corrected chi connectivity index (χ0v) is 13.0. The van der Waals surface area contributed by atoms with Crippen molar-refractivity contribution >= 4 is 23.2 Å². The summed E-state index contributed by atoms with van der Waals surface area (Å²) in [6.07, 6.45) is 2.54. The van der Waals surface area contributed by atoms with Crippen molar-refractivity contribution in [1.82, 2.24) is 9.88 Å². The van der Waals surface area contributed by atoms with Crippen molar-refractivity contribution in [2.45, 2.75) is 27.2 Å². The first-order valence-corrected chi connectivity index (χ1v) is 7.46. The molecule has 0 aromatic carbocycles. The van der Waals surface area contributed by atoms with Gasteiger partial charge in [0.1, 0.15) is 0 Å². The van der Waals surface area contributed by atoms with E-state index in [1.165, 1.54) is 0 Å². The molecule has 0 saturated heterocycles. The monoisotopic (exact) mass is 296 g/mol. The van der Waals surface area contributed by atoms with Crippen LogP contribution < -0.4 is 0 Å². The fraction of sp³-hybridized carbons (Fsp3) is 0.643. The Morgan fingerprint density at radius 2 is 2.10 bits per heavy atom. The van der Waals surface area contributed by atoms with Crippen molar-refractivity contribution in [2.75, 3.05) is 13.6 Å². The highest BCUT2D eigenvalue weighted by Gasteiger charge is 2.66. The molecule has 0 radical (unpaired) electrons. The lowest BCUT2D eigenvalue weighted by Crippen LogP contribution is -2.31. The molecule has 1 aliphatic carbocycles. The van der Waals surface area contributed by atoms with Gasteiger partial charge in [0.15, 0.2) is 0 Å². The first-order valence-electron chi connectivity index (χ1n) is 6.64. The number of likely N-dealkylation sites (N-methyl/N-ethyl adjacent to an activating group) is 1. The van der Waals surface area contributed by atoms with Crippen molar-refractivity contribution in [3.8, 4) is 0 Å². The summed E-state index contributed by atoms with van der Waals surface area (Å²) in [5.41, 5.74) is -0.436. The summed E-state index contributed by atoms with van der Waals surface area (Å²) in [4.78, 5) is 30.5. The van der Waals surface area contributed by atoms with Crippen LogP contribution in [0.15, 0.2) is 6.20 Å². The Morgan fingerprint density at radius 1 is 1.45 bits per heavy atom. The molecule has 20 heavy (non-hydrogen) atoms. The van der Waals surface area contributed by atoms with E-state index in [0.717, 1.165) is 9.88 Å². The molecule has 1 amide bonds. The number of carboxylic acid groups (broad SMARTS) is 1. The molecule has 1 saturated carbocycles. The van der Waals surface area contributed by atoms with Crippen LogP contribution in [0.1, 0.15) is 23.7 Å².